The second kappa shape index (κ2) is 3.75. The van der Waals surface area contributed by atoms with Crippen molar-refractivity contribution in [1.29, 1.82) is 0 Å². The maximum atomic E-state index is 9.57. The Bertz CT molecular complexity index is 291. The Morgan fingerprint density at radius 3 is 2.23 bits per heavy atom. The van der Waals surface area contributed by atoms with E-state index < -0.39 is 5.60 Å². The van der Waals surface area contributed by atoms with Gasteiger partial charge in [0, 0.05) is 0 Å². The molecule has 70 valence electrons. The van der Waals surface area contributed by atoms with E-state index in [4.69, 9.17) is 0 Å². The van der Waals surface area contributed by atoms with Crippen molar-refractivity contribution in [1.82, 2.24) is 0 Å². The third-order valence-corrected chi connectivity index (χ3v) is 1.80. The number of aliphatic hydroxyl groups is 1. The molecule has 0 heterocycles. The molecule has 0 fully saturated rings. The van der Waals surface area contributed by atoms with Gasteiger partial charge in [-0.25, -0.2) is 0 Å². The molecule has 0 aliphatic heterocycles. The predicted octanol–water partition coefficient (Wildman–Crippen LogP) is 2.86. The molecule has 1 aromatic rings. The Kier molecular flexibility index (Phi) is 2.89. The van der Waals surface area contributed by atoms with Crippen LogP contribution in [-0.4, -0.2) is 10.7 Å². The van der Waals surface area contributed by atoms with Crippen molar-refractivity contribution in [2.24, 2.45) is 0 Å². The molecule has 0 atom stereocenters. The fraction of sp³-hybridized carbons (Fsp3) is 0.333. The number of allylic oxidation sites excluding steroid dienone is 1. The van der Waals surface area contributed by atoms with Crippen LogP contribution in [0.25, 0.3) is 5.57 Å². The Labute approximate surface area is 79.7 Å². The summed E-state index contributed by atoms with van der Waals surface area (Å²) in [5, 5.41) is 9.57. The van der Waals surface area contributed by atoms with Crippen LogP contribution in [0.2, 0.25) is 0 Å². The first kappa shape index (κ1) is 10.0. The summed E-state index contributed by atoms with van der Waals surface area (Å²) in [6.45, 7) is 5.56. The average Bonchev–Trinajstić information content (AvgIpc) is 2.03. The van der Waals surface area contributed by atoms with E-state index in [2.05, 4.69) is 0 Å². The normalized spacial score (nSPS) is 13.1. The number of hydrogen-bond donors (Lipinski definition) is 1. The molecule has 0 radical (unpaired) electrons. The molecule has 0 bridgehead atoms. The minimum Gasteiger partial charge on any atom is -0.386 e. The first-order valence-electron chi connectivity index (χ1n) is 4.46. The van der Waals surface area contributed by atoms with E-state index in [0.717, 1.165) is 11.1 Å². The third-order valence-electron chi connectivity index (χ3n) is 1.80. The Balaban J connectivity index is 2.92. The van der Waals surface area contributed by atoms with Gasteiger partial charge in [0.25, 0.3) is 0 Å². The van der Waals surface area contributed by atoms with Crippen molar-refractivity contribution >= 4 is 5.57 Å². The van der Waals surface area contributed by atoms with E-state index >= 15 is 0 Å². The molecule has 1 heteroatoms. The standard InChI is InChI=1S/C12H16O/c1-10(9-12(2,3)13)11-7-5-4-6-8-11/h4-9,13H,1-3H3/b10-9-. The number of benzene rings is 1. The Morgan fingerprint density at radius 1 is 1.23 bits per heavy atom. The van der Waals surface area contributed by atoms with Gasteiger partial charge in [0.2, 0.25) is 0 Å². The van der Waals surface area contributed by atoms with Gasteiger partial charge in [0.05, 0.1) is 5.60 Å². The quantitative estimate of drug-likeness (QED) is 0.734. The third kappa shape index (κ3) is 3.43. The van der Waals surface area contributed by atoms with Crippen molar-refractivity contribution in [3.05, 3.63) is 42.0 Å². The molecular formula is C12H16O. The molecule has 0 saturated heterocycles. The van der Waals surface area contributed by atoms with E-state index in [1.165, 1.54) is 0 Å². The molecule has 0 aromatic heterocycles. The van der Waals surface area contributed by atoms with Gasteiger partial charge in [0.15, 0.2) is 0 Å². The van der Waals surface area contributed by atoms with Crippen molar-refractivity contribution < 1.29 is 5.11 Å². The lowest BCUT2D eigenvalue weighted by atomic mass is 10.0. The van der Waals surface area contributed by atoms with E-state index in [1.807, 2.05) is 43.3 Å². The molecule has 0 aliphatic carbocycles. The lowest BCUT2D eigenvalue weighted by molar-refractivity contribution is 0.133. The largest absolute Gasteiger partial charge is 0.386 e. The minimum absolute atomic E-state index is 0.736. The molecule has 1 aromatic carbocycles. The highest BCUT2D eigenvalue weighted by Crippen LogP contribution is 2.17. The second-order valence-electron chi connectivity index (χ2n) is 3.85. The molecule has 13 heavy (non-hydrogen) atoms. The summed E-state index contributed by atoms with van der Waals surface area (Å²) in [6, 6.07) is 10.1. The van der Waals surface area contributed by atoms with Gasteiger partial charge in [-0.05, 0) is 31.9 Å². The fourth-order valence-electron chi connectivity index (χ4n) is 1.31. The van der Waals surface area contributed by atoms with Crippen LogP contribution < -0.4 is 0 Å². The topological polar surface area (TPSA) is 20.2 Å². The van der Waals surface area contributed by atoms with Gasteiger partial charge < -0.3 is 5.11 Å². The number of rotatable bonds is 2. The maximum Gasteiger partial charge on any atom is 0.0777 e. The molecule has 1 rings (SSSR count). The highest BCUT2D eigenvalue weighted by atomic mass is 16.3. The fourth-order valence-corrected chi connectivity index (χ4v) is 1.31. The van der Waals surface area contributed by atoms with Crippen molar-refractivity contribution in [3.8, 4) is 0 Å². The van der Waals surface area contributed by atoms with E-state index in [1.54, 1.807) is 13.8 Å². The molecule has 0 amide bonds. The van der Waals surface area contributed by atoms with Crippen molar-refractivity contribution in [3.63, 3.8) is 0 Å². The van der Waals surface area contributed by atoms with Gasteiger partial charge in [0.1, 0.15) is 0 Å². The second-order valence-corrected chi connectivity index (χ2v) is 3.85. The van der Waals surface area contributed by atoms with Crippen LogP contribution in [0.1, 0.15) is 26.3 Å². The van der Waals surface area contributed by atoms with Crippen LogP contribution in [0.15, 0.2) is 36.4 Å². The summed E-state index contributed by atoms with van der Waals surface area (Å²) >= 11 is 0. The first-order valence-corrected chi connectivity index (χ1v) is 4.46. The minimum atomic E-state index is -0.736. The monoisotopic (exact) mass is 176 g/mol. The smallest absolute Gasteiger partial charge is 0.0777 e. The summed E-state index contributed by atoms with van der Waals surface area (Å²) in [5.74, 6) is 0. The molecule has 0 unspecified atom stereocenters. The van der Waals surface area contributed by atoms with Crippen LogP contribution >= 0.6 is 0 Å². The first-order chi connectivity index (χ1) is 5.99. The zero-order valence-corrected chi connectivity index (χ0v) is 8.41. The average molecular weight is 176 g/mol. The van der Waals surface area contributed by atoms with Crippen LogP contribution in [0.5, 0.6) is 0 Å². The molecule has 1 nitrogen and oxygen atoms in total. The summed E-state index contributed by atoms with van der Waals surface area (Å²) in [4.78, 5) is 0. The molecule has 0 saturated carbocycles. The molecule has 0 aliphatic rings. The summed E-state index contributed by atoms with van der Waals surface area (Å²) in [6.07, 6.45) is 1.86. The van der Waals surface area contributed by atoms with E-state index in [9.17, 15) is 5.11 Å². The van der Waals surface area contributed by atoms with Crippen LogP contribution in [0, 0.1) is 0 Å². The van der Waals surface area contributed by atoms with Crippen LogP contribution in [-0.2, 0) is 0 Å². The molecular weight excluding hydrogens is 160 g/mol. The summed E-state index contributed by atoms with van der Waals surface area (Å²) in [7, 11) is 0. The van der Waals surface area contributed by atoms with Gasteiger partial charge in [-0.2, -0.15) is 0 Å². The van der Waals surface area contributed by atoms with E-state index in [0.29, 0.717) is 0 Å². The van der Waals surface area contributed by atoms with Gasteiger partial charge in [-0.3, -0.25) is 0 Å². The highest BCUT2D eigenvalue weighted by molar-refractivity contribution is 5.64. The zero-order valence-electron chi connectivity index (χ0n) is 8.41. The van der Waals surface area contributed by atoms with Gasteiger partial charge in [-0.1, -0.05) is 36.4 Å². The van der Waals surface area contributed by atoms with Crippen LogP contribution in [0.4, 0.5) is 0 Å². The highest BCUT2D eigenvalue weighted by Gasteiger charge is 2.08. The van der Waals surface area contributed by atoms with Gasteiger partial charge >= 0.3 is 0 Å². The Hall–Kier alpha value is -1.08. The molecule has 1 N–H and O–H groups in total. The number of hydrogen-bond acceptors (Lipinski definition) is 1. The molecule has 0 spiro atoms. The maximum absolute atomic E-state index is 9.57. The van der Waals surface area contributed by atoms with Crippen molar-refractivity contribution in [2.45, 2.75) is 26.4 Å². The zero-order chi connectivity index (χ0) is 9.90. The van der Waals surface area contributed by atoms with Crippen molar-refractivity contribution in [2.75, 3.05) is 0 Å². The predicted molar refractivity (Wildman–Crippen MR) is 56.4 cm³/mol. The van der Waals surface area contributed by atoms with E-state index in [-0.39, 0.29) is 0 Å². The SMILES string of the molecule is C/C(=C/C(C)(C)O)c1ccccc1. The lowest BCUT2D eigenvalue weighted by Crippen LogP contribution is -2.14. The van der Waals surface area contributed by atoms with Crippen LogP contribution in [0.3, 0.4) is 0 Å². The summed E-state index contributed by atoms with van der Waals surface area (Å²) < 4.78 is 0. The lowest BCUT2D eigenvalue weighted by Gasteiger charge is -2.13. The summed E-state index contributed by atoms with van der Waals surface area (Å²) in [5.41, 5.74) is 1.53. The van der Waals surface area contributed by atoms with Gasteiger partial charge in [-0.15, -0.1) is 0 Å². The Morgan fingerprint density at radius 2 is 1.77 bits per heavy atom.